The Morgan fingerprint density at radius 1 is 0.266 bits per heavy atom. The summed E-state index contributed by atoms with van der Waals surface area (Å²) in [5, 5.41) is 0. The van der Waals surface area contributed by atoms with E-state index < -0.39 is 6.10 Å². The van der Waals surface area contributed by atoms with Gasteiger partial charge in [0.05, 0.1) is 0 Å². The molecule has 6 heteroatoms. The number of rotatable bonds is 60. The van der Waals surface area contributed by atoms with Crippen LogP contribution in [-0.2, 0) is 28.6 Å². The van der Waals surface area contributed by atoms with Crippen molar-refractivity contribution in [1.82, 2.24) is 0 Å². The minimum Gasteiger partial charge on any atom is -0.462 e. The number of hydrogen-bond acceptors (Lipinski definition) is 6. The highest BCUT2D eigenvalue weighted by Gasteiger charge is 2.19. The topological polar surface area (TPSA) is 78.9 Å². The first kappa shape index (κ1) is 75.1. The maximum atomic E-state index is 12.9. The van der Waals surface area contributed by atoms with Gasteiger partial charge in [0.25, 0.3) is 0 Å². The second-order valence-electron chi connectivity index (χ2n) is 22.0. The van der Waals surface area contributed by atoms with E-state index in [0.29, 0.717) is 19.3 Å². The largest absolute Gasteiger partial charge is 0.462 e. The molecule has 1 atom stereocenters. The van der Waals surface area contributed by atoms with Crippen LogP contribution in [0.5, 0.6) is 0 Å². The van der Waals surface area contributed by atoms with E-state index in [1.165, 1.54) is 154 Å². The van der Waals surface area contributed by atoms with E-state index in [0.717, 1.165) is 122 Å². The van der Waals surface area contributed by atoms with Crippen molar-refractivity contribution in [2.75, 3.05) is 13.2 Å². The summed E-state index contributed by atoms with van der Waals surface area (Å²) >= 11 is 0. The third-order valence-corrected chi connectivity index (χ3v) is 14.2. The molecule has 0 bridgehead atoms. The van der Waals surface area contributed by atoms with Crippen LogP contribution in [0.1, 0.15) is 316 Å². The predicted molar refractivity (Wildman–Crippen MR) is 343 cm³/mol. The third kappa shape index (κ3) is 64.8. The SMILES string of the molecule is CC/C=C\C/C=C\C/C=C\C/C=C\C/C=C\CCCCCCCCCC(=O)OCC(COC(=O)CCCCCCCCC/C=C\CCCCCCCC)OC(=O)CCCCCCCC/C=C\C/C=C\C/C=C\CCCCCCC. The van der Waals surface area contributed by atoms with Gasteiger partial charge in [-0.3, -0.25) is 14.4 Å². The molecule has 0 aliphatic carbocycles. The van der Waals surface area contributed by atoms with Gasteiger partial charge in [-0.2, -0.15) is 0 Å². The molecule has 0 saturated carbocycles. The zero-order chi connectivity index (χ0) is 57.1. The average Bonchev–Trinajstić information content (AvgIpc) is 3.45. The molecule has 0 aliphatic rings. The highest BCUT2D eigenvalue weighted by molar-refractivity contribution is 5.71. The first-order valence-electron chi connectivity index (χ1n) is 33.4. The molecular formula is C73H124O6. The summed E-state index contributed by atoms with van der Waals surface area (Å²) in [4.78, 5) is 38.4. The molecule has 0 N–H and O–H groups in total. The summed E-state index contributed by atoms with van der Waals surface area (Å²) in [6, 6.07) is 0. The van der Waals surface area contributed by atoms with Gasteiger partial charge in [-0.1, -0.05) is 278 Å². The first-order chi connectivity index (χ1) is 39.0. The second kappa shape index (κ2) is 66.6. The Balaban J connectivity index is 4.44. The summed E-state index contributed by atoms with van der Waals surface area (Å²) in [5.41, 5.74) is 0. The molecule has 0 aliphatic heterocycles. The van der Waals surface area contributed by atoms with E-state index in [1.807, 2.05) is 0 Å². The lowest BCUT2D eigenvalue weighted by atomic mass is 10.1. The highest BCUT2D eigenvalue weighted by atomic mass is 16.6. The molecule has 0 aromatic carbocycles. The Morgan fingerprint density at radius 3 is 0.785 bits per heavy atom. The molecule has 6 nitrogen and oxygen atoms in total. The quantitative estimate of drug-likeness (QED) is 0.0261. The third-order valence-electron chi connectivity index (χ3n) is 14.2. The lowest BCUT2D eigenvalue weighted by Gasteiger charge is -2.18. The van der Waals surface area contributed by atoms with E-state index in [-0.39, 0.29) is 31.1 Å². The molecular weight excluding hydrogens is 973 g/mol. The van der Waals surface area contributed by atoms with Crippen molar-refractivity contribution in [3.8, 4) is 0 Å². The standard InChI is InChI=1S/C73H124O6/c1-4-7-10-13-16-19-22-25-28-31-33-35-36-38-39-42-45-48-51-54-57-60-63-66-72(75)78-69-70(68-77-71(74)65-62-59-56-53-50-47-44-41-30-27-24-21-18-15-12-9-6-3)79-73(76)67-64-61-58-55-52-49-46-43-40-37-34-32-29-26-23-20-17-14-11-8-5-2/h7,10,16,19,23,25-28,30,32-35,38-40,43,70H,4-6,8-9,11-15,17-18,20-22,24,29,31,36-37,41-42,44-69H2,1-3H3/b10-7-,19-16-,26-23-,28-25-,30-27-,34-32-,35-33-,39-38-,43-40-. The van der Waals surface area contributed by atoms with Crippen LogP contribution < -0.4 is 0 Å². The Bertz CT molecular complexity index is 1590. The van der Waals surface area contributed by atoms with Crippen molar-refractivity contribution in [2.24, 2.45) is 0 Å². The van der Waals surface area contributed by atoms with Gasteiger partial charge in [0.1, 0.15) is 13.2 Å². The van der Waals surface area contributed by atoms with Crippen molar-refractivity contribution in [1.29, 1.82) is 0 Å². The van der Waals surface area contributed by atoms with Gasteiger partial charge in [-0.15, -0.1) is 0 Å². The number of allylic oxidation sites excluding steroid dienone is 18. The minimum absolute atomic E-state index is 0.0896. The van der Waals surface area contributed by atoms with E-state index in [9.17, 15) is 14.4 Å². The van der Waals surface area contributed by atoms with Crippen LogP contribution in [0.15, 0.2) is 109 Å². The molecule has 0 aromatic rings. The van der Waals surface area contributed by atoms with Crippen molar-refractivity contribution < 1.29 is 28.6 Å². The number of ether oxygens (including phenoxy) is 3. The molecule has 0 radical (unpaired) electrons. The summed E-state index contributed by atoms with van der Waals surface area (Å²) in [5.74, 6) is -0.908. The zero-order valence-electron chi connectivity index (χ0n) is 51.9. The highest BCUT2D eigenvalue weighted by Crippen LogP contribution is 2.15. The van der Waals surface area contributed by atoms with Crippen molar-refractivity contribution in [3.63, 3.8) is 0 Å². The van der Waals surface area contributed by atoms with Gasteiger partial charge in [0.15, 0.2) is 6.10 Å². The summed E-state index contributed by atoms with van der Waals surface area (Å²) in [6.45, 7) is 6.51. The summed E-state index contributed by atoms with van der Waals surface area (Å²) in [7, 11) is 0. The number of esters is 3. The van der Waals surface area contributed by atoms with Crippen LogP contribution in [0.4, 0.5) is 0 Å². The van der Waals surface area contributed by atoms with Crippen LogP contribution in [0, 0.1) is 0 Å². The van der Waals surface area contributed by atoms with E-state index in [1.54, 1.807) is 0 Å². The lowest BCUT2D eigenvalue weighted by Crippen LogP contribution is -2.30. The number of carbonyl (C=O) groups excluding carboxylic acids is 3. The van der Waals surface area contributed by atoms with Gasteiger partial charge in [-0.25, -0.2) is 0 Å². The van der Waals surface area contributed by atoms with E-state index in [2.05, 4.69) is 130 Å². The molecule has 1 unspecified atom stereocenters. The van der Waals surface area contributed by atoms with Crippen LogP contribution in [0.3, 0.4) is 0 Å². The maximum absolute atomic E-state index is 12.9. The van der Waals surface area contributed by atoms with Gasteiger partial charge < -0.3 is 14.2 Å². The summed E-state index contributed by atoms with van der Waals surface area (Å²) < 4.78 is 17.0. The van der Waals surface area contributed by atoms with Crippen molar-refractivity contribution >= 4 is 17.9 Å². The smallest absolute Gasteiger partial charge is 0.306 e. The summed E-state index contributed by atoms with van der Waals surface area (Å²) in [6.07, 6.45) is 90.9. The number of hydrogen-bond donors (Lipinski definition) is 0. The van der Waals surface area contributed by atoms with Crippen LogP contribution in [-0.4, -0.2) is 37.2 Å². The van der Waals surface area contributed by atoms with Gasteiger partial charge in [-0.05, 0) is 128 Å². The van der Waals surface area contributed by atoms with Crippen LogP contribution in [0.25, 0.3) is 0 Å². The fraction of sp³-hybridized carbons (Fsp3) is 0.712. The number of unbranched alkanes of at least 4 members (excludes halogenated alkanes) is 31. The molecule has 0 fully saturated rings. The molecule has 452 valence electrons. The van der Waals surface area contributed by atoms with E-state index >= 15 is 0 Å². The lowest BCUT2D eigenvalue weighted by molar-refractivity contribution is -0.167. The zero-order valence-corrected chi connectivity index (χ0v) is 51.9. The minimum atomic E-state index is -0.796. The molecule has 0 amide bonds. The van der Waals surface area contributed by atoms with Gasteiger partial charge in [0.2, 0.25) is 0 Å². The Morgan fingerprint density at radius 2 is 0.494 bits per heavy atom. The van der Waals surface area contributed by atoms with Crippen molar-refractivity contribution in [3.05, 3.63) is 109 Å². The molecule has 0 aromatic heterocycles. The molecule has 79 heavy (non-hydrogen) atoms. The fourth-order valence-electron chi connectivity index (χ4n) is 9.24. The fourth-order valence-corrected chi connectivity index (χ4v) is 9.24. The Labute approximate surface area is 489 Å². The van der Waals surface area contributed by atoms with Gasteiger partial charge in [0, 0.05) is 19.3 Å². The predicted octanol–water partition coefficient (Wildman–Crippen LogP) is 23.0. The van der Waals surface area contributed by atoms with Crippen LogP contribution in [0.2, 0.25) is 0 Å². The molecule has 0 rings (SSSR count). The molecule has 0 heterocycles. The first-order valence-corrected chi connectivity index (χ1v) is 33.4. The molecule has 0 saturated heterocycles. The number of carbonyl (C=O) groups is 3. The average molecular weight is 1100 g/mol. The van der Waals surface area contributed by atoms with Crippen LogP contribution >= 0.6 is 0 Å². The Kier molecular flexibility index (Phi) is 63.3. The van der Waals surface area contributed by atoms with E-state index in [4.69, 9.17) is 14.2 Å². The normalized spacial score (nSPS) is 12.8. The monoisotopic (exact) mass is 1100 g/mol. The Hall–Kier alpha value is -3.93. The second-order valence-corrected chi connectivity index (χ2v) is 22.0. The van der Waals surface area contributed by atoms with Crippen molar-refractivity contribution in [2.45, 2.75) is 322 Å². The maximum Gasteiger partial charge on any atom is 0.306 e. The van der Waals surface area contributed by atoms with Gasteiger partial charge >= 0.3 is 17.9 Å². The molecule has 0 spiro atoms.